The molecule has 0 unspecified atom stereocenters. The van der Waals surface area contributed by atoms with Gasteiger partial charge in [-0.3, -0.25) is 4.99 Å². The fourth-order valence-corrected chi connectivity index (χ4v) is 1.82. The Morgan fingerprint density at radius 2 is 1.86 bits per heavy atom. The fourth-order valence-electron chi connectivity index (χ4n) is 1.82. The van der Waals surface area contributed by atoms with Gasteiger partial charge in [-0.2, -0.15) is 0 Å². The number of benzene rings is 2. The first kappa shape index (κ1) is 19.2. The monoisotopic (exact) mass is 415 g/mol. The Morgan fingerprint density at radius 3 is 2.45 bits per heavy atom. The molecule has 0 aliphatic carbocycles. The Morgan fingerprint density at radius 1 is 1.23 bits per heavy atom. The molecule has 0 amide bonds. The molecule has 22 heavy (non-hydrogen) atoms. The van der Waals surface area contributed by atoms with Crippen LogP contribution in [0.2, 0.25) is 0 Å². The average Bonchev–Trinajstić information content (AvgIpc) is 2.53. The fraction of sp³-hybridized carbons (Fsp3) is 0.188. The molecular formula is C16H17Cl2NO2Zr. The van der Waals surface area contributed by atoms with E-state index in [9.17, 15) is 5.11 Å². The van der Waals surface area contributed by atoms with Crippen LogP contribution >= 0.6 is 17.0 Å². The van der Waals surface area contributed by atoms with Gasteiger partial charge in [0.15, 0.2) is 0 Å². The van der Waals surface area contributed by atoms with Crippen molar-refractivity contribution in [3.8, 4) is 11.5 Å². The predicted molar refractivity (Wildman–Crippen MR) is 88.8 cm³/mol. The van der Waals surface area contributed by atoms with Gasteiger partial charge in [0.2, 0.25) is 0 Å². The summed E-state index contributed by atoms with van der Waals surface area (Å²) in [5.74, 6) is 0.967. The summed E-state index contributed by atoms with van der Waals surface area (Å²) in [5, 5.41) is 9.97. The van der Waals surface area contributed by atoms with Gasteiger partial charge in [-0.15, -0.1) is 0 Å². The van der Waals surface area contributed by atoms with Gasteiger partial charge in [0.1, 0.15) is 11.5 Å². The SMILES string of the molecule is COc1cc(C)c(O)c(C=NCc2ccccc2)c1.[Cl][Zr][Cl]. The van der Waals surface area contributed by atoms with E-state index in [0.29, 0.717) is 12.1 Å². The van der Waals surface area contributed by atoms with Crippen LogP contribution < -0.4 is 4.74 Å². The van der Waals surface area contributed by atoms with Crippen molar-refractivity contribution in [2.75, 3.05) is 7.11 Å². The maximum absolute atomic E-state index is 9.97. The van der Waals surface area contributed by atoms with Crippen molar-refractivity contribution in [3.63, 3.8) is 0 Å². The normalized spacial score (nSPS) is 10.0. The van der Waals surface area contributed by atoms with E-state index in [1.165, 1.54) is 0 Å². The Kier molecular flexibility index (Phi) is 9.46. The summed E-state index contributed by atoms with van der Waals surface area (Å²) in [6.45, 7) is 2.43. The van der Waals surface area contributed by atoms with E-state index in [4.69, 9.17) is 21.8 Å². The van der Waals surface area contributed by atoms with Crippen molar-refractivity contribution in [2.45, 2.75) is 13.5 Å². The minimum absolute atomic E-state index is 0.248. The number of phenolic OH excluding ortho intramolecular Hbond substituents is 1. The predicted octanol–water partition coefficient (Wildman–Crippen LogP) is 4.70. The van der Waals surface area contributed by atoms with Gasteiger partial charge in [-0.05, 0) is 30.2 Å². The van der Waals surface area contributed by atoms with Crippen molar-refractivity contribution in [1.29, 1.82) is 0 Å². The third kappa shape index (κ3) is 6.52. The van der Waals surface area contributed by atoms with Crippen molar-refractivity contribution in [3.05, 3.63) is 59.2 Å². The second-order valence-corrected chi connectivity index (χ2v) is 8.14. The maximum atomic E-state index is 9.97. The van der Waals surface area contributed by atoms with E-state index in [1.807, 2.05) is 37.3 Å². The quantitative estimate of drug-likeness (QED) is 0.733. The molecule has 2 aromatic carbocycles. The second kappa shape index (κ2) is 10.8. The number of nitrogens with zero attached hydrogens (tertiary/aromatic N) is 1. The summed E-state index contributed by atoms with van der Waals surface area (Å²) in [7, 11) is 11.5. The molecule has 0 aliphatic rings. The van der Waals surface area contributed by atoms with E-state index in [-0.39, 0.29) is 5.75 Å². The van der Waals surface area contributed by atoms with E-state index in [0.717, 1.165) is 16.9 Å². The molecule has 3 nitrogen and oxygen atoms in total. The number of ether oxygens (including phenoxy) is 1. The first-order valence-corrected chi connectivity index (χ1v) is 12.8. The molecule has 2 rings (SSSR count). The zero-order valence-electron chi connectivity index (χ0n) is 12.4. The molecule has 0 heterocycles. The van der Waals surface area contributed by atoms with Crippen LogP contribution in [0.25, 0.3) is 0 Å². The van der Waals surface area contributed by atoms with Crippen molar-refractivity contribution in [2.24, 2.45) is 4.99 Å². The van der Waals surface area contributed by atoms with Gasteiger partial charge in [-0.1, -0.05) is 30.3 Å². The van der Waals surface area contributed by atoms with Gasteiger partial charge >= 0.3 is 37.9 Å². The van der Waals surface area contributed by atoms with Gasteiger partial charge < -0.3 is 9.84 Å². The number of aliphatic imine (C=N–C) groups is 1. The van der Waals surface area contributed by atoms with Crippen molar-refractivity contribution < 1.29 is 30.7 Å². The van der Waals surface area contributed by atoms with E-state index in [1.54, 1.807) is 25.5 Å². The summed E-state index contributed by atoms with van der Waals surface area (Å²) < 4.78 is 5.18. The zero-order chi connectivity index (χ0) is 16.4. The van der Waals surface area contributed by atoms with Gasteiger partial charge in [0.25, 0.3) is 0 Å². The van der Waals surface area contributed by atoms with Crippen LogP contribution in [0, 0.1) is 6.92 Å². The molecule has 0 spiro atoms. The average molecular weight is 417 g/mol. The first-order chi connectivity index (χ1) is 10.6. The van der Waals surface area contributed by atoms with Gasteiger partial charge in [0, 0.05) is 11.8 Å². The molecule has 0 saturated heterocycles. The van der Waals surface area contributed by atoms with Crippen LogP contribution in [0.15, 0.2) is 47.5 Å². The van der Waals surface area contributed by atoms with E-state index < -0.39 is 20.8 Å². The van der Waals surface area contributed by atoms with Crippen LogP contribution in [0.1, 0.15) is 16.7 Å². The number of halogens is 2. The molecule has 0 atom stereocenters. The van der Waals surface area contributed by atoms with Crippen LogP contribution in [0.5, 0.6) is 11.5 Å². The summed E-state index contributed by atoms with van der Waals surface area (Å²) in [6.07, 6.45) is 1.68. The number of methoxy groups -OCH3 is 1. The van der Waals surface area contributed by atoms with E-state index >= 15 is 0 Å². The van der Waals surface area contributed by atoms with Crippen LogP contribution in [0.3, 0.4) is 0 Å². The summed E-state index contributed by atoms with van der Waals surface area (Å²) in [5.41, 5.74) is 2.59. The zero-order valence-corrected chi connectivity index (χ0v) is 16.4. The standard InChI is InChI=1S/C16H17NO2.2ClH.Zr/c1-12-8-15(19-2)9-14(16(12)18)11-17-10-13-6-4-3-5-7-13;;;/h3-9,11,18H,10H2,1-2H3;2*1H;/q;;;+2/p-2. The summed E-state index contributed by atoms with van der Waals surface area (Å²) in [4.78, 5) is 4.35. The second-order valence-electron chi connectivity index (χ2n) is 4.41. The molecular weight excluding hydrogens is 400 g/mol. The topological polar surface area (TPSA) is 41.8 Å². The molecule has 0 aliphatic heterocycles. The van der Waals surface area contributed by atoms with E-state index in [2.05, 4.69) is 4.99 Å². The number of phenols is 1. The molecule has 1 N–H and O–H groups in total. The van der Waals surface area contributed by atoms with Gasteiger partial charge in [0.05, 0.1) is 13.7 Å². The van der Waals surface area contributed by atoms with Crippen LogP contribution in [0.4, 0.5) is 0 Å². The third-order valence-corrected chi connectivity index (χ3v) is 2.89. The minimum atomic E-state index is -0.826. The van der Waals surface area contributed by atoms with Gasteiger partial charge in [-0.25, -0.2) is 0 Å². The summed E-state index contributed by atoms with van der Waals surface area (Å²) in [6, 6.07) is 13.6. The van der Waals surface area contributed by atoms with Crippen LogP contribution in [-0.4, -0.2) is 18.4 Å². The Balaban J connectivity index is 0.000000745. The number of aromatic hydroxyl groups is 1. The summed E-state index contributed by atoms with van der Waals surface area (Å²) >= 11 is -0.826. The Hall–Kier alpha value is -0.827. The number of aryl methyl sites for hydroxylation is 1. The van der Waals surface area contributed by atoms with Crippen LogP contribution in [-0.2, 0) is 27.4 Å². The van der Waals surface area contributed by atoms with Crippen molar-refractivity contribution >= 4 is 23.2 Å². The molecule has 2 aromatic rings. The molecule has 0 fully saturated rings. The first-order valence-electron chi connectivity index (χ1n) is 6.50. The number of rotatable bonds is 4. The Labute approximate surface area is 149 Å². The molecule has 0 bridgehead atoms. The van der Waals surface area contributed by atoms with Crippen molar-refractivity contribution in [1.82, 2.24) is 0 Å². The molecule has 0 radical (unpaired) electrons. The molecule has 0 saturated carbocycles. The number of hydrogen-bond acceptors (Lipinski definition) is 3. The third-order valence-electron chi connectivity index (χ3n) is 2.89. The molecule has 0 aromatic heterocycles. The Bertz CT molecular complexity index is 607. The molecule has 6 heteroatoms. The molecule has 116 valence electrons. The number of hydrogen-bond donors (Lipinski definition) is 1.